The molecule has 2 heteroatoms. The summed E-state index contributed by atoms with van der Waals surface area (Å²) in [7, 11) is 0. The minimum Gasteiger partial charge on any atom is -0.298 e. The van der Waals surface area contributed by atoms with Crippen LogP contribution in [0.1, 0.15) is 37.0 Å². The highest BCUT2D eigenvalue weighted by Crippen LogP contribution is 2.22. The Morgan fingerprint density at radius 3 is 2.93 bits per heavy atom. The Hall–Kier alpha value is -0.760. The van der Waals surface area contributed by atoms with Gasteiger partial charge < -0.3 is 0 Å². The van der Waals surface area contributed by atoms with Gasteiger partial charge in [0.25, 0.3) is 0 Å². The fourth-order valence-corrected chi connectivity index (χ4v) is 2.53. The molecule has 1 atom stereocenters. The number of hydrogen-bond donors (Lipinski definition) is 0. The summed E-state index contributed by atoms with van der Waals surface area (Å²) in [6.07, 6.45) is 3.43. The molecule has 1 aromatic rings. The molecule has 0 heterocycles. The quantitative estimate of drug-likeness (QED) is 0.534. The fourth-order valence-electron chi connectivity index (χ4n) is 1.49. The summed E-state index contributed by atoms with van der Waals surface area (Å²) in [6, 6.07) is 7.80. The van der Waals surface area contributed by atoms with E-state index in [2.05, 4.69) is 19.9 Å². The van der Waals surface area contributed by atoms with Crippen LogP contribution in [0.15, 0.2) is 29.2 Å². The summed E-state index contributed by atoms with van der Waals surface area (Å²) in [5, 5.41) is 0. The molecule has 1 nitrogen and oxygen atoms in total. The molecule has 0 spiro atoms. The van der Waals surface area contributed by atoms with Crippen LogP contribution in [0.5, 0.6) is 0 Å². The highest BCUT2D eigenvalue weighted by Gasteiger charge is 2.02. The highest BCUT2D eigenvalue weighted by molar-refractivity contribution is 7.99. The van der Waals surface area contributed by atoms with Crippen molar-refractivity contribution in [1.29, 1.82) is 0 Å². The molecule has 0 saturated heterocycles. The minimum atomic E-state index is 0.750. The third kappa shape index (κ3) is 4.52. The van der Waals surface area contributed by atoms with Crippen LogP contribution in [0.3, 0.4) is 0 Å². The van der Waals surface area contributed by atoms with E-state index < -0.39 is 0 Å². The van der Waals surface area contributed by atoms with E-state index >= 15 is 0 Å². The second-order valence-electron chi connectivity index (χ2n) is 3.90. The van der Waals surface area contributed by atoms with Crippen LogP contribution in [0, 0.1) is 5.92 Å². The summed E-state index contributed by atoms with van der Waals surface area (Å²) in [4.78, 5) is 11.8. The van der Waals surface area contributed by atoms with E-state index in [1.165, 1.54) is 17.7 Å². The lowest BCUT2D eigenvalue weighted by atomic mass is 10.1. The second-order valence-corrected chi connectivity index (χ2v) is 4.99. The van der Waals surface area contributed by atoms with Gasteiger partial charge in [-0.05, 0) is 18.1 Å². The van der Waals surface area contributed by atoms with Crippen molar-refractivity contribution in [3.63, 3.8) is 0 Å². The first-order valence-electron chi connectivity index (χ1n) is 5.44. The van der Waals surface area contributed by atoms with E-state index in [1.54, 1.807) is 0 Å². The molecule has 1 aromatic carbocycles. The lowest BCUT2D eigenvalue weighted by Gasteiger charge is -2.09. The van der Waals surface area contributed by atoms with Crippen molar-refractivity contribution in [2.45, 2.75) is 31.6 Å². The second kappa shape index (κ2) is 6.67. The van der Waals surface area contributed by atoms with Gasteiger partial charge >= 0.3 is 0 Å². The number of carbonyl (C=O) groups is 1. The van der Waals surface area contributed by atoms with Gasteiger partial charge in [-0.3, -0.25) is 4.79 Å². The third-order valence-electron chi connectivity index (χ3n) is 2.31. The molecular weight excluding hydrogens is 204 g/mol. The van der Waals surface area contributed by atoms with Crippen LogP contribution in [0.2, 0.25) is 0 Å². The van der Waals surface area contributed by atoms with Gasteiger partial charge in [0.05, 0.1) is 0 Å². The van der Waals surface area contributed by atoms with Crippen molar-refractivity contribution in [1.82, 2.24) is 0 Å². The topological polar surface area (TPSA) is 17.1 Å². The number of hydrogen-bond acceptors (Lipinski definition) is 2. The Labute approximate surface area is 96.3 Å². The van der Waals surface area contributed by atoms with E-state index in [0.29, 0.717) is 0 Å². The van der Waals surface area contributed by atoms with Crippen molar-refractivity contribution >= 4 is 18.0 Å². The molecule has 0 N–H and O–H groups in total. The zero-order valence-electron chi connectivity index (χ0n) is 9.40. The van der Waals surface area contributed by atoms with Crippen molar-refractivity contribution in [2.24, 2.45) is 5.92 Å². The average Bonchev–Trinajstić information content (AvgIpc) is 2.27. The number of benzene rings is 1. The van der Waals surface area contributed by atoms with E-state index in [0.717, 1.165) is 23.5 Å². The first kappa shape index (κ1) is 12.3. The van der Waals surface area contributed by atoms with Gasteiger partial charge in [0.1, 0.15) is 6.29 Å². The SMILES string of the molecule is CCCC(C)CSc1cccc(C=O)c1. The molecular formula is C13H18OS. The molecule has 0 saturated carbocycles. The molecule has 0 aliphatic heterocycles. The predicted molar refractivity (Wildman–Crippen MR) is 66.6 cm³/mol. The summed E-state index contributed by atoms with van der Waals surface area (Å²) in [5.74, 6) is 1.88. The molecule has 0 fully saturated rings. The Morgan fingerprint density at radius 1 is 1.47 bits per heavy atom. The Morgan fingerprint density at radius 2 is 2.27 bits per heavy atom. The van der Waals surface area contributed by atoms with Crippen LogP contribution in [-0.2, 0) is 0 Å². The molecule has 1 rings (SSSR count). The van der Waals surface area contributed by atoms with E-state index in [4.69, 9.17) is 0 Å². The monoisotopic (exact) mass is 222 g/mol. The number of rotatable bonds is 6. The average molecular weight is 222 g/mol. The Kier molecular flexibility index (Phi) is 5.48. The van der Waals surface area contributed by atoms with Gasteiger partial charge in [0, 0.05) is 16.2 Å². The van der Waals surface area contributed by atoms with Gasteiger partial charge in [-0.1, -0.05) is 38.8 Å². The predicted octanol–water partition coefficient (Wildman–Crippen LogP) is 4.03. The van der Waals surface area contributed by atoms with Gasteiger partial charge in [0.2, 0.25) is 0 Å². The van der Waals surface area contributed by atoms with E-state index in [9.17, 15) is 4.79 Å². The van der Waals surface area contributed by atoms with Crippen molar-refractivity contribution in [2.75, 3.05) is 5.75 Å². The first-order chi connectivity index (χ1) is 7.26. The lowest BCUT2D eigenvalue weighted by Crippen LogP contribution is -1.96. The number of thioether (sulfide) groups is 1. The number of aldehydes is 1. The smallest absolute Gasteiger partial charge is 0.150 e. The fraction of sp³-hybridized carbons (Fsp3) is 0.462. The molecule has 1 unspecified atom stereocenters. The summed E-state index contributed by atoms with van der Waals surface area (Å²) >= 11 is 1.84. The minimum absolute atomic E-state index is 0.750. The maximum absolute atomic E-state index is 10.6. The summed E-state index contributed by atoms with van der Waals surface area (Å²) in [5.41, 5.74) is 0.767. The molecule has 15 heavy (non-hydrogen) atoms. The molecule has 0 bridgehead atoms. The van der Waals surface area contributed by atoms with Gasteiger partial charge in [-0.25, -0.2) is 0 Å². The first-order valence-corrected chi connectivity index (χ1v) is 6.43. The zero-order valence-corrected chi connectivity index (χ0v) is 10.2. The Balaban J connectivity index is 2.46. The largest absolute Gasteiger partial charge is 0.298 e. The van der Waals surface area contributed by atoms with E-state index in [-0.39, 0.29) is 0 Å². The molecule has 0 amide bonds. The van der Waals surface area contributed by atoms with Crippen molar-refractivity contribution in [3.8, 4) is 0 Å². The van der Waals surface area contributed by atoms with Crippen LogP contribution in [0.4, 0.5) is 0 Å². The highest BCUT2D eigenvalue weighted by atomic mass is 32.2. The maximum atomic E-state index is 10.6. The van der Waals surface area contributed by atoms with Gasteiger partial charge in [-0.15, -0.1) is 11.8 Å². The maximum Gasteiger partial charge on any atom is 0.150 e. The van der Waals surface area contributed by atoms with Gasteiger partial charge in [-0.2, -0.15) is 0 Å². The molecule has 0 aliphatic carbocycles. The standard InChI is InChI=1S/C13H18OS/c1-3-5-11(2)10-15-13-7-4-6-12(8-13)9-14/h4,6-9,11H,3,5,10H2,1-2H3. The van der Waals surface area contributed by atoms with Crippen LogP contribution in [-0.4, -0.2) is 12.0 Å². The van der Waals surface area contributed by atoms with Crippen molar-refractivity contribution in [3.05, 3.63) is 29.8 Å². The summed E-state index contributed by atoms with van der Waals surface area (Å²) < 4.78 is 0. The van der Waals surface area contributed by atoms with Crippen LogP contribution < -0.4 is 0 Å². The van der Waals surface area contributed by atoms with Crippen LogP contribution in [0.25, 0.3) is 0 Å². The molecule has 0 aromatic heterocycles. The summed E-state index contributed by atoms with van der Waals surface area (Å²) in [6.45, 7) is 4.49. The lowest BCUT2D eigenvalue weighted by molar-refractivity contribution is 0.112. The zero-order chi connectivity index (χ0) is 11.1. The van der Waals surface area contributed by atoms with E-state index in [1.807, 2.05) is 30.0 Å². The molecule has 82 valence electrons. The van der Waals surface area contributed by atoms with Gasteiger partial charge in [0.15, 0.2) is 0 Å². The Bertz CT molecular complexity index is 309. The normalized spacial score (nSPS) is 12.4. The van der Waals surface area contributed by atoms with Crippen molar-refractivity contribution < 1.29 is 4.79 Å². The number of carbonyl (C=O) groups excluding carboxylic acids is 1. The molecule has 0 radical (unpaired) electrons. The third-order valence-corrected chi connectivity index (χ3v) is 3.63. The van der Waals surface area contributed by atoms with Crippen LogP contribution >= 0.6 is 11.8 Å². The molecule has 0 aliphatic rings.